The quantitative estimate of drug-likeness (QED) is 0.776. The van der Waals surface area contributed by atoms with Gasteiger partial charge in [-0.2, -0.15) is 0 Å². The van der Waals surface area contributed by atoms with Crippen LogP contribution < -0.4 is 5.32 Å². The van der Waals surface area contributed by atoms with Crippen molar-refractivity contribution >= 4 is 5.97 Å². The Labute approximate surface area is 81.6 Å². The van der Waals surface area contributed by atoms with Crippen LogP contribution in [-0.4, -0.2) is 18.1 Å². The molecule has 0 saturated carbocycles. The van der Waals surface area contributed by atoms with Gasteiger partial charge in [0.15, 0.2) is 0 Å². The number of nitrogens with one attached hydrogen (secondary N) is 1. The van der Waals surface area contributed by atoms with E-state index in [0.29, 0.717) is 5.56 Å². The first kappa shape index (κ1) is 10.7. The summed E-state index contributed by atoms with van der Waals surface area (Å²) in [7, 11) is 1.70. The second-order valence-electron chi connectivity index (χ2n) is 3.05. The van der Waals surface area contributed by atoms with Crippen LogP contribution in [0.3, 0.4) is 0 Å². The third kappa shape index (κ3) is 2.09. The molecule has 0 aromatic heterocycles. The van der Waals surface area contributed by atoms with Crippen molar-refractivity contribution in [3.8, 4) is 0 Å². The summed E-state index contributed by atoms with van der Waals surface area (Å²) < 4.78 is 12.9. The second kappa shape index (κ2) is 4.19. The molecule has 0 spiro atoms. The fourth-order valence-corrected chi connectivity index (χ4v) is 1.24. The molecule has 0 bridgehead atoms. The number of carboxylic acid groups (broad SMARTS) is 1. The lowest BCUT2D eigenvalue weighted by Crippen LogP contribution is -2.16. The molecule has 4 heteroatoms. The van der Waals surface area contributed by atoms with E-state index in [1.807, 2.05) is 0 Å². The van der Waals surface area contributed by atoms with Gasteiger partial charge < -0.3 is 10.4 Å². The third-order valence-corrected chi connectivity index (χ3v) is 2.14. The van der Waals surface area contributed by atoms with Crippen LogP contribution in [0.15, 0.2) is 18.2 Å². The van der Waals surface area contributed by atoms with Gasteiger partial charge in [-0.15, -0.1) is 0 Å². The monoisotopic (exact) mass is 197 g/mol. The molecule has 0 amide bonds. The molecule has 0 heterocycles. The molecular formula is C10H12FNO2. The van der Waals surface area contributed by atoms with E-state index in [2.05, 4.69) is 5.32 Å². The molecule has 1 aromatic rings. The van der Waals surface area contributed by atoms with Crippen molar-refractivity contribution in [3.05, 3.63) is 35.1 Å². The number of hydrogen-bond acceptors (Lipinski definition) is 2. The lowest BCUT2D eigenvalue weighted by atomic mass is 10.0. The topological polar surface area (TPSA) is 49.3 Å². The zero-order chi connectivity index (χ0) is 10.7. The largest absolute Gasteiger partial charge is 0.478 e. The van der Waals surface area contributed by atoms with E-state index in [1.165, 1.54) is 12.1 Å². The predicted octanol–water partition coefficient (Wildman–Crippen LogP) is 1.80. The molecular weight excluding hydrogens is 185 g/mol. The average molecular weight is 197 g/mol. The Balaban J connectivity index is 3.22. The minimum atomic E-state index is -1.04. The Hall–Kier alpha value is -1.42. The summed E-state index contributed by atoms with van der Waals surface area (Å²) in [5, 5.41) is 11.7. The summed E-state index contributed by atoms with van der Waals surface area (Å²) in [4.78, 5) is 10.8. The minimum Gasteiger partial charge on any atom is -0.478 e. The van der Waals surface area contributed by atoms with Crippen molar-refractivity contribution in [1.82, 2.24) is 5.32 Å². The van der Waals surface area contributed by atoms with Crippen molar-refractivity contribution in [2.75, 3.05) is 7.05 Å². The number of hydrogen-bond donors (Lipinski definition) is 2. The average Bonchev–Trinajstić information content (AvgIpc) is 2.16. The number of carboxylic acids is 1. The van der Waals surface area contributed by atoms with Crippen LogP contribution >= 0.6 is 0 Å². The predicted molar refractivity (Wildman–Crippen MR) is 50.8 cm³/mol. The minimum absolute atomic E-state index is 0.133. The molecule has 14 heavy (non-hydrogen) atoms. The first-order chi connectivity index (χ1) is 6.56. The number of aromatic carboxylic acids is 1. The Morgan fingerprint density at radius 2 is 2.21 bits per heavy atom. The number of rotatable bonds is 3. The van der Waals surface area contributed by atoms with Crippen molar-refractivity contribution in [2.45, 2.75) is 13.0 Å². The van der Waals surface area contributed by atoms with Crippen LogP contribution in [0, 0.1) is 5.82 Å². The Kier molecular flexibility index (Phi) is 3.19. The first-order valence-corrected chi connectivity index (χ1v) is 4.26. The van der Waals surface area contributed by atoms with Crippen molar-refractivity contribution in [3.63, 3.8) is 0 Å². The smallest absolute Gasteiger partial charge is 0.336 e. The van der Waals surface area contributed by atoms with Gasteiger partial charge in [0.2, 0.25) is 0 Å². The van der Waals surface area contributed by atoms with Gasteiger partial charge >= 0.3 is 5.97 Å². The molecule has 0 fully saturated rings. The van der Waals surface area contributed by atoms with Gasteiger partial charge in [0.25, 0.3) is 0 Å². The van der Waals surface area contributed by atoms with E-state index in [9.17, 15) is 9.18 Å². The highest BCUT2D eigenvalue weighted by atomic mass is 19.1. The maximum absolute atomic E-state index is 12.9. The molecule has 0 aliphatic rings. The molecule has 2 N–H and O–H groups in total. The van der Waals surface area contributed by atoms with Crippen LogP contribution in [0.4, 0.5) is 4.39 Å². The number of carbonyl (C=O) groups is 1. The maximum atomic E-state index is 12.9. The zero-order valence-electron chi connectivity index (χ0n) is 8.04. The standard InChI is InChI=1S/C10H12FNO2/c1-6(12-2)9-5-7(11)3-4-8(9)10(13)14/h3-6,12H,1-2H3,(H,13,14)/t6-/m0/s1. The fraction of sp³-hybridized carbons (Fsp3) is 0.300. The van der Waals surface area contributed by atoms with Crippen molar-refractivity contribution in [1.29, 1.82) is 0 Å². The molecule has 0 aliphatic heterocycles. The summed E-state index contributed by atoms with van der Waals surface area (Å²) in [5.41, 5.74) is 0.591. The molecule has 3 nitrogen and oxygen atoms in total. The highest BCUT2D eigenvalue weighted by Crippen LogP contribution is 2.18. The second-order valence-corrected chi connectivity index (χ2v) is 3.05. The van der Waals surface area contributed by atoms with Gasteiger partial charge in [-0.25, -0.2) is 9.18 Å². The first-order valence-electron chi connectivity index (χ1n) is 4.26. The van der Waals surface area contributed by atoms with Gasteiger partial charge in [-0.1, -0.05) is 0 Å². The van der Waals surface area contributed by atoms with Crippen LogP contribution in [0.5, 0.6) is 0 Å². The van der Waals surface area contributed by atoms with Crippen LogP contribution in [0.1, 0.15) is 28.9 Å². The number of halogens is 1. The summed E-state index contributed by atoms with van der Waals surface area (Å²) in [6.45, 7) is 1.78. The van der Waals surface area contributed by atoms with Gasteiger partial charge in [-0.05, 0) is 37.7 Å². The molecule has 1 rings (SSSR count). The van der Waals surface area contributed by atoms with Gasteiger partial charge in [0.1, 0.15) is 5.82 Å². The molecule has 1 aromatic carbocycles. The van der Waals surface area contributed by atoms with E-state index < -0.39 is 11.8 Å². The lowest BCUT2D eigenvalue weighted by molar-refractivity contribution is 0.0695. The highest BCUT2D eigenvalue weighted by Gasteiger charge is 2.14. The molecule has 0 aliphatic carbocycles. The molecule has 0 radical (unpaired) electrons. The van der Waals surface area contributed by atoms with E-state index in [0.717, 1.165) is 6.07 Å². The van der Waals surface area contributed by atoms with Crippen LogP contribution in [0.2, 0.25) is 0 Å². The number of benzene rings is 1. The van der Waals surface area contributed by atoms with Crippen molar-refractivity contribution < 1.29 is 14.3 Å². The zero-order valence-corrected chi connectivity index (χ0v) is 8.04. The normalized spacial score (nSPS) is 12.5. The summed E-state index contributed by atoms with van der Waals surface area (Å²) in [5.74, 6) is -1.46. The Morgan fingerprint density at radius 3 is 2.71 bits per heavy atom. The fourth-order valence-electron chi connectivity index (χ4n) is 1.24. The molecule has 0 unspecified atom stereocenters. The summed E-state index contributed by atoms with van der Waals surface area (Å²) >= 11 is 0. The maximum Gasteiger partial charge on any atom is 0.336 e. The van der Waals surface area contributed by atoms with E-state index in [4.69, 9.17) is 5.11 Å². The van der Waals surface area contributed by atoms with Crippen molar-refractivity contribution in [2.24, 2.45) is 0 Å². The Bertz CT molecular complexity index is 352. The Morgan fingerprint density at radius 1 is 1.57 bits per heavy atom. The van der Waals surface area contributed by atoms with Gasteiger partial charge in [-0.3, -0.25) is 0 Å². The van der Waals surface area contributed by atoms with Crippen LogP contribution in [0.25, 0.3) is 0 Å². The SMILES string of the molecule is CN[C@@H](C)c1cc(F)ccc1C(=O)O. The lowest BCUT2D eigenvalue weighted by Gasteiger charge is -2.13. The van der Waals surface area contributed by atoms with Gasteiger partial charge in [0, 0.05) is 6.04 Å². The molecule has 76 valence electrons. The highest BCUT2D eigenvalue weighted by molar-refractivity contribution is 5.89. The third-order valence-electron chi connectivity index (χ3n) is 2.14. The van der Waals surface area contributed by atoms with Gasteiger partial charge in [0.05, 0.1) is 5.56 Å². The van der Waals surface area contributed by atoms with E-state index >= 15 is 0 Å². The molecule has 1 atom stereocenters. The summed E-state index contributed by atoms with van der Waals surface area (Å²) in [6, 6.07) is 3.48. The van der Waals surface area contributed by atoms with Crippen LogP contribution in [-0.2, 0) is 0 Å². The van der Waals surface area contributed by atoms with E-state index in [-0.39, 0.29) is 11.6 Å². The molecule has 0 saturated heterocycles. The summed E-state index contributed by atoms with van der Waals surface area (Å²) in [6.07, 6.45) is 0. The van der Waals surface area contributed by atoms with E-state index in [1.54, 1.807) is 14.0 Å².